The van der Waals surface area contributed by atoms with Gasteiger partial charge in [-0.15, -0.1) is 0 Å². The molecule has 0 amide bonds. The van der Waals surface area contributed by atoms with Crippen molar-refractivity contribution < 1.29 is 15.0 Å². The van der Waals surface area contributed by atoms with Crippen LogP contribution in [-0.2, 0) is 5.41 Å². The molecule has 158 valence electrons. The minimum Gasteiger partial charge on any atom is -0.507 e. The van der Waals surface area contributed by atoms with E-state index in [9.17, 15) is 9.90 Å². The van der Waals surface area contributed by atoms with Gasteiger partial charge in [0.1, 0.15) is 11.6 Å². The Morgan fingerprint density at radius 3 is 2.37 bits per heavy atom. The lowest BCUT2D eigenvalue weighted by atomic mass is 9.75. The Balaban J connectivity index is 1.89. The molecule has 0 radical (unpaired) electrons. The number of phenolic OH excluding ortho intramolecular Hbond substituents is 1. The van der Waals surface area contributed by atoms with E-state index in [4.69, 9.17) is 22.3 Å². The third kappa shape index (κ3) is 4.35. The first kappa shape index (κ1) is 21.1. The highest BCUT2D eigenvalue weighted by Crippen LogP contribution is 2.36. The number of aromatic carboxylic acids is 1. The first-order valence-electron chi connectivity index (χ1n) is 9.81. The molecule has 0 aliphatic carbocycles. The first-order valence-corrected chi connectivity index (χ1v) is 9.81. The summed E-state index contributed by atoms with van der Waals surface area (Å²) in [5.41, 5.74) is 20.9. The molecule has 0 aromatic heterocycles. The number of carboxylic acid groups (broad SMARTS) is 1. The van der Waals surface area contributed by atoms with Gasteiger partial charge in [-0.2, -0.15) is 0 Å². The second-order valence-corrected chi connectivity index (χ2v) is 7.93. The van der Waals surface area contributed by atoms with Crippen LogP contribution in [-0.4, -0.2) is 34.2 Å². The number of phenols is 1. The standard InChI is InChI=1S/C23H28N4O3/c1-23(16-9-7-15(8-10-16)22(29)30)11-4-12-27(14-23)19(21(25)26)13-18(24)17-5-2-3-6-20(17)28/h2-3,5-10,13,28H,4,11-12,14,24-26H2,1H3,(H,29,30)/b18-13-. The van der Waals surface area contributed by atoms with Gasteiger partial charge in [0.15, 0.2) is 0 Å². The van der Waals surface area contributed by atoms with Crippen LogP contribution in [0, 0.1) is 0 Å². The van der Waals surface area contributed by atoms with Crippen LogP contribution in [0.3, 0.4) is 0 Å². The van der Waals surface area contributed by atoms with Crippen molar-refractivity contribution in [3.05, 3.63) is 82.8 Å². The van der Waals surface area contributed by atoms with Gasteiger partial charge in [-0.1, -0.05) is 31.2 Å². The fraction of sp³-hybridized carbons (Fsp3) is 0.261. The Hall–Kier alpha value is -3.61. The third-order valence-electron chi connectivity index (χ3n) is 5.67. The zero-order valence-corrected chi connectivity index (χ0v) is 17.0. The fourth-order valence-electron chi connectivity index (χ4n) is 4.00. The second kappa shape index (κ2) is 8.41. The highest BCUT2D eigenvalue weighted by Gasteiger charge is 2.34. The summed E-state index contributed by atoms with van der Waals surface area (Å²) in [4.78, 5) is 13.2. The minimum absolute atomic E-state index is 0.0863. The van der Waals surface area contributed by atoms with Gasteiger partial charge in [-0.25, -0.2) is 4.79 Å². The SMILES string of the molecule is CC1(c2ccc(C(=O)O)cc2)CCCN(C(/C=C(\N)c2ccccc2O)=C(N)N)C1. The van der Waals surface area contributed by atoms with E-state index in [1.807, 2.05) is 12.1 Å². The van der Waals surface area contributed by atoms with Gasteiger partial charge in [0, 0.05) is 29.8 Å². The Morgan fingerprint density at radius 1 is 1.10 bits per heavy atom. The maximum atomic E-state index is 11.2. The average Bonchev–Trinajstić information content (AvgIpc) is 2.72. The molecule has 0 bridgehead atoms. The number of hydrogen-bond donors (Lipinski definition) is 5. The summed E-state index contributed by atoms with van der Waals surface area (Å²) in [6, 6.07) is 13.8. The molecule has 1 aliphatic rings. The Kier molecular flexibility index (Phi) is 5.91. The molecule has 7 nitrogen and oxygen atoms in total. The number of para-hydroxylation sites is 1. The average molecular weight is 409 g/mol. The minimum atomic E-state index is -0.942. The normalized spacial score (nSPS) is 19.4. The van der Waals surface area contributed by atoms with Gasteiger partial charge in [0.05, 0.1) is 11.3 Å². The number of carbonyl (C=O) groups is 1. The number of nitrogens with two attached hydrogens (primary N) is 3. The second-order valence-electron chi connectivity index (χ2n) is 7.93. The number of nitrogens with zero attached hydrogens (tertiary/aromatic N) is 1. The lowest BCUT2D eigenvalue weighted by Gasteiger charge is -2.42. The molecular formula is C23H28N4O3. The number of carboxylic acids is 1. The lowest BCUT2D eigenvalue weighted by Crippen LogP contribution is -2.44. The summed E-state index contributed by atoms with van der Waals surface area (Å²) in [7, 11) is 0. The highest BCUT2D eigenvalue weighted by atomic mass is 16.4. The van der Waals surface area contributed by atoms with Gasteiger partial charge in [0.2, 0.25) is 0 Å². The molecule has 0 spiro atoms. The van der Waals surface area contributed by atoms with E-state index in [2.05, 4.69) is 11.8 Å². The number of rotatable bonds is 5. The largest absolute Gasteiger partial charge is 0.507 e. The summed E-state index contributed by atoms with van der Waals surface area (Å²) in [6.07, 6.45) is 3.56. The Bertz CT molecular complexity index is 994. The highest BCUT2D eigenvalue weighted by molar-refractivity contribution is 5.87. The van der Waals surface area contributed by atoms with Crippen molar-refractivity contribution >= 4 is 11.7 Å². The van der Waals surface area contributed by atoms with Crippen LogP contribution in [0.25, 0.3) is 5.70 Å². The molecule has 1 saturated heterocycles. The molecule has 2 aromatic carbocycles. The van der Waals surface area contributed by atoms with Crippen LogP contribution in [0.15, 0.2) is 66.1 Å². The molecule has 1 atom stereocenters. The zero-order valence-electron chi connectivity index (χ0n) is 17.0. The van der Waals surface area contributed by atoms with Gasteiger partial charge in [-0.05, 0) is 48.7 Å². The number of likely N-dealkylation sites (tertiary alicyclic amines) is 1. The fourth-order valence-corrected chi connectivity index (χ4v) is 4.00. The predicted molar refractivity (Wildman–Crippen MR) is 117 cm³/mol. The molecular weight excluding hydrogens is 380 g/mol. The third-order valence-corrected chi connectivity index (χ3v) is 5.67. The number of allylic oxidation sites excluding steroid dienone is 1. The van der Waals surface area contributed by atoms with Crippen molar-refractivity contribution in [2.24, 2.45) is 17.2 Å². The quantitative estimate of drug-likeness (QED) is 0.479. The van der Waals surface area contributed by atoms with Crippen LogP contribution in [0.4, 0.5) is 0 Å². The zero-order chi connectivity index (χ0) is 21.9. The Morgan fingerprint density at radius 2 is 1.77 bits per heavy atom. The maximum Gasteiger partial charge on any atom is 0.335 e. The molecule has 30 heavy (non-hydrogen) atoms. The topological polar surface area (TPSA) is 139 Å². The van der Waals surface area contributed by atoms with E-state index >= 15 is 0 Å². The molecule has 1 unspecified atom stereocenters. The summed E-state index contributed by atoms with van der Waals surface area (Å²) < 4.78 is 0. The first-order chi connectivity index (χ1) is 14.2. The molecule has 2 aromatic rings. The van der Waals surface area contributed by atoms with Gasteiger partial charge in [-0.3, -0.25) is 0 Å². The van der Waals surface area contributed by atoms with E-state index in [1.54, 1.807) is 42.5 Å². The number of piperidine rings is 1. The molecule has 8 N–H and O–H groups in total. The van der Waals surface area contributed by atoms with Crippen LogP contribution in [0.2, 0.25) is 0 Å². The molecule has 1 fully saturated rings. The van der Waals surface area contributed by atoms with Crippen molar-refractivity contribution in [2.45, 2.75) is 25.2 Å². The lowest BCUT2D eigenvalue weighted by molar-refractivity contribution is 0.0696. The maximum absolute atomic E-state index is 11.2. The van der Waals surface area contributed by atoms with Crippen molar-refractivity contribution in [1.29, 1.82) is 0 Å². The van der Waals surface area contributed by atoms with Crippen LogP contribution < -0.4 is 17.2 Å². The van der Waals surface area contributed by atoms with Crippen LogP contribution in [0.5, 0.6) is 5.75 Å². The monoisotopic (exact) mass is 408 g/mol. The molecule has 0 saturated carbocycles. The summed E-state index contributed by atoms with van der Waals surface area (Å²) in [5, 5.41) is 19.2. The predicted octanol–water partition coefficient (Wildman–Crippen LogP) is 2.53. The van der Waals surface area contributed by atoms with Crippen molar-refractivity contribution in [2.75, 3.05) is 13.1 Å². The summed E-state index contributed by atoms with van der Waals surface area (Å²) in [5.74, 6) is -0.704. The van der Waals surface area contributed by atoms with Crippen molar-refractivity contribution in [3.8, 4) is 5.75 Å². The van der Waals surface area contributed by atoms with Gasteiger partial charge < -0.3 is 32.3 Å². The number of aromatic hydroxyl groups is 1. The van der Waals surface area contributed by atoms with Gasteiger partial charge >= 0.3 is 5.97 Å². The van der Waals surface area contributed by atoms with E-state index in [0.717, 1.165) is 24.9 Å². The smallest absolute Gasteiger partial charge is 0.335 e. The molecule has 1 heterocycles. The summed E-state index contributed by atoms with van der Waals surface area (Å²) >= 11 is 0. The Labute approximate surface area is 176 Å². The molecule has 3 rings (SSSR count). The van der Waals surface area contributed by atoms with E-state index < -0.39 is 5.97 Å². The van der Waals surface area contributed by atoms with Crippen molar-refractivity contribution in [1.82, 2.24) is 4.90 Å². The summed E-state index contributed by atoms with van der Waals surface area (Å²) in [6.45, 7) is 3.56. The number of hydrogen-bond acceptors (Lipinski definition) is 6. The van der Waals surface area contributed by atoms with Crippen molar-refractivity contribution in [3.63, 3.8) is 0 Å². The van der Waals surface area contributed by atoms with E-state index in [0.29, 0.717) is 23.5 Å². The molecule has 7 heteroatoms. The van der Waals surface area contributed by atoms with Crippen LogP contribution >= 0.6 is 0 Å². The number of benzene rings is 2. The molecule has 1 aliphatic heterocycles. The van der Waals surface area contributed by atoms with E-state index in [1.165, 1.54) is 0 Å². The van der Waals surface area contributed by atoms with E-state index in [-0.39, 0.29) is 22.5 Å². The van der Waals surface area contributed by atoms with Gasteiger partial charge in [0.25, 0.3) is 0 Å². The van der Waals surface area contributed by atoms with Crippen LogP contribution in [0.1, 0.15) is 41.3 Å².